The number of carbonyl (C=O) groups excluding carboxylic acids is 2. The van der Waals surface area contributed by atoms with Crippen LogP contribution in [0.3, 0.4) is 0 Å². The topological polar surface area (TPSA) is 98.5 Å². The molecule has 0 bridgehead atoms. The fraction of sp³-hybridized carbons (Fsp3) is 0.200. The Balaban J connectivity index is 2.93. The lowest BCUT2D eigenvalue weighted by Crippen LogP contribution is -2.18. The van der Waals surface area contributed by atoms with E-state index in [1.807, 2.05) is 5.32 Å². The summed E-state index contributed by atoms with van der Waals surface area (Å²) in [6.45, 7) is 0. The summed E-state index contributed by atoms with van der Waals surface area (Å²) >= 11 is 0. The molecule has 0 aliphatic heterocycles. The van der Waals surface area contributed by atoms with Gasteiger partial charge in [0, 0.05) is 6.07 Å². The van der Waals surface area contributed by atoms with Crippen LogP contribution in [-0.2, 0) is 14.3 Å². The zero-order valence-electron chi connectivity index (χ0n) is 9.31. The Morgan fingerprint density at radius 1 is 1.50 bits per heavy atom. The van der Waals surface area contributed by atoms with Gasteiger partial charge in [0.1, 0.15) is 6.42 Å². The van der Waals surface area contributed by atoms with Gasteiger partial charge in [0.15, 0.2) is 11.5 Å². The maximum absolute atomic E-state index is 13.4. The molecule has 1 aromatic carbocycles. The predicted molar refractivity (Wildman–Crippen MR) is 58.3 cm³/mol. The maximum Gasteiger partial charge on any atom is 0.315 e. The highest BCUT2D eigenvalue weighted by Crippen LogP contribution is 2.26. The lowest BCUT2D eigenvalue weighted by molar-refractivity contribution is -0.384. The summed E-state index contributed by atoms with van der Waals surface area (Å²) in [5.41, 5.74) is -1.16. The molecule has 18 heavy (non-hydrogen) atoms. The van der Waals surface area contributed by atoms with Crippen molar-refractivity contribution >= 4 is 23.3 Å². The molecule has 96 valence electrons. The number of nitrogens with one attached hydrogen (secondary N) is 1. The molecular weight excluding hydrogens is 247 g/mol. The van der Waals surface area contributed by atoms with E-state index in [9.17, 15) is 24.1 Å². The van der Waals surface area contributed by atoms with E-state index in [1.54, 1.807) is 0 Å². The number of esters is 1. The summed E-state index contributed by atoms with van der Waals surface area (Å²) in [6.07, 6.45) is -0.651. The predicted octanol–water partition coefficient (Wildman–Crippen LogP) is 1.24. The second-order valence-corrected chi connectivity index (χ2v) is 3.19. The third-order valence-electron chi connectivity index (χ3n) is 1.99. The van der Waals surface area contributed by atoms with Crippen LogP contribution in [0, 0.1) is 15.9 Å². The van der Waals surface area contributed by atoms with Crippen molar-refractivity contribution in [2.75, 3.05) is 12.4 Å². The highest BCUT2D eigenvalue weighted by molar-refractivity contribution is 6.02. The lowest BCUT2D eigenvalue weighted by atomic mass is 10.2. The number of amides is 1. The zero-order valence-corrected chi connectivity index (χ0v) is 9.31. The van der Waals surface area contributed by atoms with E-state index in [1.165, 1.54) is 0 Å². The standard InChI is InChI=1S/C10H9FN2O5/c1-18-9(15)5-8(14)12-10-6(11)3-2-4-7(10)13(16)17/h2-4H,5H2,1H3,(H,12,14). The molecule has 0 aliphatic carbocycles. The molecule has 1 rings (SSSR count). The summed E-state index contributed by atoms with van der Waals surface area (Å²) in [6, 6.07) is 3.14. The molecule has 1 amide bonds. The van der Waals surface area contributed by atoms with Crippen molar-refractivity contribution in [1.82, 2.24) is 0 Å². The van der Waals surface area contributed by atoms with E-state index in [0.29, 0.717) is 0 Å². The van der Waals surface area contributed by atoms with Gasteiger partial charge in [-0.2, -0.15) is 0 Å². The highest BCUT2D eigenvalue weighted by Gasteiger charge is 2.20. The van der Waals surface area contributed by atoms with Crippen LogP contribution in [0.25, 0.3) is 0 Å². The summed E-state index contributed by atoms with van der Waals surface area (Å²) in [5.74, 6) is -2.68. The number of nitro groups is 1. The maximum atomic E-state index is 13.4. The molecule has 0 unspecified atom stereocenters. The number of para-hydroxylation sites is 1. The number of anilines is 1. The summed E-state index contributed by atoms with van der Waals surface area (Å²) in [5, 5.41) is 12.6. The van der Waals surface area contributed by atoms with Gasteiger partial charge in [-0.15, -0.1) is 0 Å². The van der Waals surface area contributed by atoms with Crippen LogP contribution in [0.5, 0.6) is 0 Å². The third kappa shape index (κ3) is 3.24. The van der Waals surface area contributed by atoms with E-state index < -0.39 is 40.4 Å². The first-order chi connectivity index (χ1) is 8.45. The minimum atomic E-state index is -0.956. The Morgan fingerprint density at radius 3 is 2.72 bits per heavy atom. The molecule has 1 N–H and O–H groups in total. The summed E-state index contributed by atoms with van der Waals surface area (Å²) < 4.78 is 17.6. The summed E-state index contributed by atoms with van der Waals surface area (Å²) in [7, 11) is 1.08. The number of halogens is 1. The van der Waals surface area contributed by atoms with Crippen LogP contribution in [0.2, 0.25) is 0 Å². The molecule has 0 aliphatic rings. The summed E-state index contributed by atoms with van der Waals surface area (Å²) in [4.78, 5) is 31.9. The van der Waals surface area contributed by atoms with Crippen LogP contribution in [-0.4, -0.2) is 23.9 Å². The number of benzene rings is 1. The van der Waals surface area contributed by atoms with E-state index in [-0.39, 0.29) is 0 Å². The minimum Gasteiger partial charge on any atom is -0.469 e. The van der Waals surface area contributed by atoms with Crippen molar-refractivity contribution in [3.63, 3.8) is 0 Å². The van der Waals surface area contributed by atoms with Crippen molar-refractivity contribution in [1.29, 1.82) is 0 Å². The van der Waals surface area contributed by atoms with Gasteiger partial charge in [-0.3, -0.25) is 19.7 Å². The van der Waals surface area contributed by atoms with Crippen molar-refractivity contribution < 1.29 is 23.6 Å². The Labute approximate surface area is 101 Å². The van der Waals surface area contributed by atoms with Gasteiger partial charge >= 0.3 is 5.97 Å². The molecule has 0 saturated carbocycles. The Bertz CT molecular complexity index is 503. The third-order valence-corrected chi connectivity index (χ3v) is 1.99. The molecule has 1 aromatic rings. The molecule has 0 heterocycles. The molecule has 0 aromatic heterocycles. The number of nitrogens with zero attached hydrogens (tertiary/aromatic N) is 1. The minimum absolute atomic E-state index is 0.573. The van der Waals surface area contributed by atoms with E-state index in [2.05, 4.69) is 4.74 Å². The second kappa shape index (κ2) is 5.71. The van der Waals surface area contributed by atoms with E-state index >= 15 is 0 Å². The quantitative estimate of drug-likeness (QED) is 0.378. The van der Waals surface area contributed by atoms with Gasteiger partial charge in [-0.05, 0) is 6.07 Å². The molecule has 0 fully saturated rings. The van der Waals surface area contributed by atoms with E-state index in [4.69, 9.17) is 0 Å². The smallest absolute Gasteiger partial charge is 0.315 e. The van der Waals surface area contributed by atoms with Crippen molar-refractivity contribution in [2.45, 2.75) is 6.42 Å². The first kappa shape index (κ1) is 13.6. The van der Waals surface area contributed by atoms with Crippen LogP contribution in [0.4, 0.5) is 15.8 Å². The SMILES string of the molecule is COC(=O)CC(=O)Nc1c(F)cccc1[N+](=O)[O-]. The number of methoxy groups -OCH3 is 1. The second-order valence-electron chi connectivity index (χ2n) is 3.19. The molecule has 0 atom stereocenters. The van der Waals surface area contributed by atoms with Gasteiger partial charge < -0.3 is 10.1 Å². The number of hydrogen-bond acceptors (Lipinski definition) is 5. The van der Waals surface area contributed by atoms with Crippen molar-refractivity contribution in [3.05, 3.63) is 34.1 Å². The molecule has 0 spiro atoms. The first-order valence-corrected chi connectivity index (χ1v) is 4.75. The number of hydrogen-bond donors (Lipinski definition) is 1. The molecular formula is C10H9FN2O5. The van der Waals surface area contributed by atoms with Crippen LogP contribution < -0.4 is 5.32 Å². The number of rotatable bonds is 4. The first-order valence-electron chi connectivity index (χ1n) is 4.75. The highest BCUT2D eigenvalue weighted by atomic mass is 19.1. The van der Waals surface area contributed by atoms with Crippen LogP contribution >= 0.6 is 0 Å². The molecule has 7 nitrogen and oxygen atoms in total. The monoisotopic (exact) mass is 256 g/mol. The van der Waals surface area contributed by atoms with Crippen LogP contribution in [0.15, 0.2) is 18.2 Å². The number of ether oxygens (including phenoxy) is 1. The fourth-order valence-corrected chi connectivity index (χ4v) is 1.18. The van der Waals surface area contributed by atoms with E-state index in [0.717, 1.165) is 25.3 Å². The van der Waals surface area contributed by atoms with Crippen molar-refractivity contribution in [2.24, 2.45) is 0 Å². The van der Waals surface area contributed by atoms with Gasteiger partial charge in [-0.1, -0.05) is 6.07 Å². The van der Waals surface area contributed by atoms with Gasteiger partial charge in [-0.25, -0.2) is 4.39 Å². The Kier molecular flexibility index (Phi) is 4.30. The molecule has 0 saturated heterocycles. The Hall–Kier alpha value is -2.51. The van der Waals surface area contributed by atoms with Gasteiger partial charge in [0.05, 0.1) is 12.0 Å². The Morgan fingerprint density at radius 2 is 2.17 bits per heavy atom. The number of nitro benzene ring substituents is 1. The molecule has 0 radical (unpaired) electrons. The normalized spacial score (nSPS) is 9.67. The zero-order chi connectivity index (χ0) is 13.7. The average Bonchev–Trinajstić information content (AvgIpc) is 2.31. The van der Waals surface area contributed by atoms with Crippen LogP contribution in [0.1, 0.15) is 6.42 Å². The largest absolute Gasteiger partial charge is 0.469 e. The molecule has 8 heteroatoms. The average molecular weight is 256 g/mol. The van der Waals surface area contributed by atoms with Crippen molar-refractivity contribution in [3.8, 4) is 0 Å². The van der Waals surface area contributed by atoms with Gasteiger partial charge in [0.2, 0.25) is 5.91 Å². The fourth-order valence-electron chi connectivity index (χ4n) is 1.18. The lowest BCUT2D eigenvalue weighted by Gasteiger charge is -2.06. The number of carbonyl (C=O) groups is 2. The van der Waals surface area contributed by atoms with Gasteiger partial charge in [0.25, 0.3) is 5.69 Å².